The Labute approximate surface area is 134 Å². The summed E-state index contributed by atoms with van der Waals surface area (Å²) in [6, 6.07) is 5.65. The van der Waals surface area contributed by atoms with Gasteiger partial charge < -0.3 is 0 Å². The van der Waals surface area contributed by atoms with Gasteiger partial charge in [0.05, 0.1) is 10.0 Å². The van der Waals surface area contributed by atoms with Crippen molar-refractivity contribution in [1.29, 1.82) is 0 Å². The third-order valence-electron chi connectivity index (χ3n) is 2.03. The van der Waals surface area contributed by atoms with E-state index in [-0.39, 0.29) is 19.3 Å². The van der Waals surface area contributed by atoms with E-state index in [0.717, 1.165) is 11.3 Å². The zero-order chi connectivity index (χ0) is 14.2. The smallest absolute Gasteiger partial charge is 0.264 e. The lowest BCUT2D eigenvalue weighted by molar-refractivity contribution is 0.601. The van der Waals surface area contributed by atoms with Crippen molar-refractivity contribution in [3.63, 3.8) is 0 Å². The van der Waals surface area contributed by atoms with Crippen molar-refractivity contribution in [2.24, 2.45) is 0 Å². The van der Waals surface area contributed by atoms with Crippen LogP contribution in [0.2, 0.25) is 18.7 Å². The molecule has 0 aliphatic rings. The van der Waals surface area contributed by atoms with Crippen LogP contribution in [0.3, 0.4) is 0 Å². The molecule has 102 valence electrons. The Balaban J connectivity index is 2.39. The molecule has 1 N–H and O–H groups in total. The average molecular weight is 377 g/mol. The van der Waals surface area contributed by atoms with E-state index in [2.05, 4.69) is 4.72 Å². The summed E-state index contributed by atoms with van der Waals surface area (Å²) in [7, 11) is -3.83. The van der Waals surface area contributed by atoms with Gasteiger partial charge in [0.25, 0.3) is 10.0 Å². The fourth-order valence-electron chi connectivity index (χ4n) is 1.33. The maximum absolute atomic E-state index is 12.1. The van der Waals surface area contributed by atoms with Crippen molar-refractivity contribution < 1.29 is 8.42 Å². The standard InChI is InChI=1S/C10H5Cl4NO2S2/c11-5-1-6(12)3-7(2-5)15-19(16,17)8-4-9(13)18-10(8)14/h1-4,15H. The highest BCUT2D eigenvalue weighted by Gasteiger charge is 2.21. The fourth-order valence-corrected chi connectivity index (χ4v) is 5.05. The minimum atomic E-state index is -3.83. The first kappa shape index (κ1) is 15.2. The molecule has 0 unspecified atom stereocenters. The van der Waals surface area contributed by atoms with E-state index in [1.165, 1.54) is 24.3 Å². The van der Waals surface area contributed by atoms with Gasteiger partial charge in [-0.2, -0.15) is 0 Å². The van der Waals surface area contributed by atoms with Crippen LogP contribution in [0.4, 0.5) is 5.69 Å². The quantitative estimate of drug-likeness (QED) is 0.803. The summed E-state index contributed by atoms with van der Waals surface area (Å²) >= 11 is 24.1. The van der Waals surface area contributed by atoms with Crippen LogP contribution in [0.15, 0.2) is 29.2 Å². The fraction of sp³-hybridized carbons (Fsp3) is 0. The van der Waals surface area contributed by atoms with E-state index in [1.54, 1.807) is 0 Å². The molecule has 3 nitrogen and oxygen atoms in total. The molecular weight excluding hydrogens is 372 g/mol. The van der Waals surface area contributed by atoms with E-state index in [1.807, 2.05) is 0 Å². The minimum absolute atomic E-state index is 0.0831. The first-order valence-corrected chi connectivity index (χ1v) is 8.53. The lowest BCUT2D eigenvalue weighted by atomic mass is 10.3. The summed E-state index contributed by atoms with van der Waals surface area (Å²) in [5.41, 5.74) is 0.246. The van der Waals surface area contributed by atoms with Gasteiger partial charge in [0.15, 0.2) is 0 Å². The summed E-state index contributed by atoms with van der Waals surface area (Å²) in [5, 5.41) is 0.638. The lowest BCUT2D eigenvalue weighted by Gasteiger charge is -2.07. The Morgan fingerprint density at radius 1 is 0.947 bits per heavy atom. The number of hydrogen-bond acceptors (Lipinski definition) is 3. The van der Waals surface area contributed by atoms with Crippen LogP contribution in [0.1, 0.15) is 0 Å². The minimum Gasteiger partial charge on any atom is -0.279 e. The van der Waals surface area contributed by atoms with E-state index in [9.17, 15) is 8.42 Å². The molecule has 2 aromatic rings. The molecule has 0 saturated carbocycles. The average Bonchev–Trinajstić information content (AvgIpc) is 2.56. The highest BCUT2D eigenvalue weighted by Crippen LogP contribution is 2.35. The molecule has 1 heterocycles. The van der Waals surface area contributed by atoms with Gasteiger partial charge in [0, 0.05) is 10.0 Å². The van der Waals surface area contributed by atoms with Crippen LogP contribution in [-0.2, 0) is 10.0 Å². The Bertz CT molecular complexity index is 707. The summed E-state index contributed by atoms with van der Waals surface area (Å²) in [6.07, 6.45) is 0. The molecule has 1 aromatic carbocycles. The number of benzene rings is 1. The van der Waals surface area contributed by atoms with Crippen molar-refractivity contribution >= 4 is 73.5 Å². The Morgan fingerprint density at radius 3 is 2.00 bits per heavy atom. The highest BCUT2D eigenvalue weighted by molar-refractivity contribution is 7.93. The monoisotopic (exact) mass is 375 g/mol. The normalized spacial score (nSPS) is 11.6. The van der Waals surface area contributed by atoms with Gasteiger partial charge >= 0.3 is 0 Å². The van der Waals surface area contributed by atoms with Gasteiger partial charge in [-0.25, -0.2) is 8.42 Å². The van der Waals surface area contributed by atoms with Crippen molar-refractivity contribution in [1.82, 2.24) is 0 Å². The second-order valence-electron chi connectivity index (χ2n) is 3.45. The number of thiophene rings is 1. The largest absolute Gasteiger partial charge is 0.279 e. The SMILES string of the molecule is O=S(=O)(Nc1cc(Cl)cc(Cl)c1)c1cc(Cl)sc1Cl. The summed E-state index contributed by atoms with van der Waals surface area (Å²) in [6.45, 7) is 0. The lowest BCUT2D eigenvalue weighted by Crippen LogP contribution is -2.12. The van der Waals surface area contributed by atoms with Crippen molar-refractivity contribution in [2.45, 2.75) is 4.90 Å². The highest BCUT2D eigenvalue weighted by atomic mass is 35.5. The van der Waals surface area contributed by atoms with Crippen LogP contribution in [0.25, 0.3) is 0 Å². The molecule has 0 aliphatic carbocycles. The van der Waals surface area contributed by atoms with Gasteiger partial charge in [0.2, 0.25) is 0 Å². The summed E-state index contributed by atoms with van der Waals surface area (Å²) in [4.78, 5) is -0.0831. The van der Waals surface area contributed by atoms with Crippen molar-refractivity contribution in [3.05, 3.63) is 43.0 Å². The third-order valence-corrected chi connectivity index (χ3v) is 5.60. The predicted molar refractivity (Wildman–Crippen MR) is 81.6 cm³/mol. The molecule has 0 spiro atoms. The topological polar surface area (TPSA) is 46.2 Å². The second kappa shape index (κ2) is 5.68. The number of hydrogen-bond donors (Lipinski definition) is 1. The molecule has 0 saturated heterocycles. The molecule has 0 atom stereocenters. The Morgan fingerprint density at radius 2 is 1.53 bits per heavy atom. The molecular formula is C10H5Cl4NO2S2. The van der Waals surface area contributed by atoms with Crippen LogP contribution >= 0.6 is 57.7 Å². The van der Waals surface area contributed by atoms with E-state index < -0.39 is 10.0 Å². The van der Waals surface area contributed by atoms with Gasteiger partial charge in [-0.15, -0.1) is 11.3 Å². The first-order valence-electron chi connectivity index (χ1n) is 4.72. The van der Waals surface area contributed by atoms with E-state index >= 15 is 0 Å². The second-order valence-corrected chi connectivity index (χ2v) is 8.26. The van der Waals surface area contributed by atoms with Crippen molar-refractivity contribution in [2.75, 3.05) is 4.72 Å². The van der Waals surface area contributed by atoms with Crippen LogP contribution in [-0.4, -0.2) is 8.42 Å². The molecule has 0 radical (unpaired) electrons. The number of rotatable bonds is 3. The molecule has 1 aromatic heterocycles. The maximum Gasteiger partial charge on any atom is 0.264 e. The maximum atomic E-state index is 12.1. The van der Waals surface area contributed by atoms with Crippen molar-refractivity contribution in [3.8, 4) is 0 Å². The molecule has 9 heteroatoms. The number of sulfonamides is 1. The molecule has 0 amide bonds. The zero-order valence-corrected chi connectivity index (χ0v) is 13.6. The summed E-state index contributed by atoms with van der Waals surface area (Å²) in [5.74, 6) is 0. The molecule has 2 rings (SSSR count). The van der Waals surface area contributed by atoms with Crippen LogP contribution in [0, 0.1) is 0 Å². The van der Waals surface area contributed by atoms with Crippen LogP contribution < -0.4 is 4.72 Å². The Kier molecular flexibility index (Phi) is 4.55. The van der Waals surface area contributed by atoms with Gasteiger partial charge in [0.1, 0.15) is 9.23 Å². The third kappa shape index (κ3) is 3.68. The van der Waals surface area contributed by atoms with Crippen LogP contribution in [0.5, 0.6) is 0 Å². The Hall–Kier alpha value is -0.170. The van der Waals surface area contributed by atoms with E-state index in [0.29, 0.717) is 10.0 Å². The predicted octanol–water partition coefficient (Wildman–Crippen LogP) is 5.16. The van der Waals surface area contributed by atoms with Gasteiger partial charge in [-0.05, 0) is 24.3 Å². The van der Waals surface area contributed by atoms with Gasteiger partial charge in [-0.3, -0.25) is 4.72 Å². The zero-order valence-electron chi connectivity index (χ0n) is 8.95. The van der Waals surface area contributed by atoms with E-state index in [4.69, 9.17) is 46.4 Å². The molecule has 0 bridgehead atoms. The molecule has 0 aliphatic heterocycles. The number of nitrogens with one attached hydrogen (secondary N) is 1. The molecule has 0 fully saturated rings. The summed E-state index contributed by atoms with van der Waals surface area (Å²) < 4.78 is 27.0. The van der Waals surface area contributed by atoms with Gasteiger partial charge in [-0.1, -0.05) is 46.4 Å². The first-order chi connectivity index (χ1) is 8.78. The number of halogens is 4. The number of anilines is 1. The molecule has 19 heavy (non-hydrogen) atoms.